The molecule has 0 aliphatic heterocycles. The summed E-state index contributed by atoms with van der Waals surface area (Å²) < 4.78 is 0. The average Bonchev–Trinajstić information content (AvgIpc) is 2.70. The summed E-state index contributed by atoms with van der Waals surface area (Å²) >= 11 is 1.84. The van der Waals surface area contributed by atoms with Crippen molar-refractivity contribution in [1.82, 2.24) is 10.4 Å². The van der Waals surface area contributed by atoms with Crippen molar-refractivity contribution in [3.8, 4) is 0 Å². The van der Waals surface area contributed by atoms with E-state index in [2.05, 4.69) is 24.3 Å². The molecule has 0 amide bonds. The van der Waals surface area contributed by atoms with Gasteiger partial charge in [0, 0.05) is 17.3 Å². The Morgan fingerprint density at radius 3 is 2.53 bits per heavy atom. The van der Waals surface area contributed by atoms with Gasteiger partial charge in [-0.15, -0.1) is 11.3 Å². The van der Waals surface area contributed by atoms with Crippen LogP contribution in [-0.2, 0) is 6.42 Å². The number of thiazole rings is 1. The fourth-order valence-electron chi connectivity index (χ4n) is 5.05. The Bertz CT molecular complexity index is 462. The Hall–Kier alpha value is -0.450. The summed E-state index contributed by atoms with van der Waals surface area (Å²) in [5.74, 6) is 10.7. The molecular weight excluding hydrogens is 254 g/mol. The average molecular weight is 277 g/mol. The van der Waals surface area contributed by atoms with Crippen molar-refractivity contribution in [3.63, 3.8) is 0 Å². The van der Waals surface area contributed by atoms with Gasteiger partial charge in [-0.3, -0.25) is 11.3 Å². The van der Waals surface area contributed by atoms with Crippen molar-refractivity contribution in [1.29, 1.82) is 0 Å². The van der Waals surface area contributed by atoms with E-state index in [0.717, 1.165) is 36.0 Å². The van der Waals surface area contributed by atoms with Crippen molar-refractivity contribution < 1.29 is 0 Å². The molecule has 19 heavy (non-hydrogen) atoms. The SMILES string of the molecule is Cc1nc(CC(NN)C2C3C4CCC(C4)C32)sc1C. The molecule has 5 atom stereocenters. The van der Waals surface area contributed by atoms with Crippen LogP contribution in [0.4, 0.5) is 0 Å². The molecule has 104 valence electrons. The number of nitrogens with zero attached hydrogens (tertiary/aromatic N) is 1. The highest BCUT2D eigenvalue weighted by Crippen LogP contribution is 2.70. The Balaban J connectivity index is 1.48. The van der Waals surface area contributed by atoms with Crippen LogP contribution in [0.2, 0.25) is 0 Å². The normalized spacial score (nSPS) is 40.5. The first-order valence-corrected chi connectivity index (χ1v) is 8.39. The lowest BCUT2D eigenvalue weighted by Gasteiger charge is -2.18. The standard InChI is InChI=1S/C15H23N3S/c1-7-8(2)19-12(17-7)6-11(18-16)15-13-9-3-4-10(5-9)14(13)15/h9-11,13-15,18H,3-6,16H2,1-2H3. The number of hydrogen-bond acceptors (Lipinski definition) is 4. The van der Waals surface area contributed by atoms with Crippen LogP contribution < -0.4 is 11.3 Å². The predicted octanol–water partition coefficient (Wildman–Crippen LogP) is 2.43. The van der Waals surface area contributed by atoms with Crippen LogP contribution in [0.25, 0.3) is 0 Å². The third-order valence-corrected chi connectivity index (χ3v) is 7.04. The van der Waals surface area contributed by atoms with Crippen molar-refractivity contribution in [3.05, 3.63) is 15.6 Å². The van der Waals surface area contributed by atoms with Gasteiger partial charge >= 0.3 is 0 Å². The molecule has 4 heteroatoms. The van der Waals surface area contributed by atoms with Crippen molar-refractivity contribution >= 4 is 11.3 Å². The zero-order chi connectivity index (χ0) is 13.1. The second-order valence-electron chi connectivity index (χ2n) is 6.79. The van der Waals surface area contributed by atoms with E-state index in [9.17, 15) is 0 Å². The molecule has 0 aromatic carbocycles. The maximum absolute atomic E-state index is 5.85. The molecular formula is C15H23N3S. The zero-order valence-electron chi connectivity index (χ0n) is 11.7. The molecule has 3 nitrogen and oxygen atoms in total. The number of nitrogens with two attached hydrogens (primary N) is 1. The number of hydrogen-bond donors (Lipinski definition) is 2. The van der Waals surface area contributed by atoms with Gasteiger partial charge in [0.05, 0.1) is 10.7 Å². The summed E-state index contributed by atoms with van der Waals surface area (Å²) in [7, 11) is 0. The summed E-state index contributed by atoms with van der Waals surface area (Å²) in [5.41, 5.74) is 4.29. The van der Waals surface area contributed by atoms with E-state index < -0.39 is 0 Å². The first-order chi connectivity index (χ1) is 9.19. The molecule has 4 rings (SSSR count). The van der Waals surface area contributed by atoms with E-state index in [-0.39, 0.29) is 0 Å². The van der Waals surface area contributed by atoms with E-state index in [1.54, 1.807) is 0 Å². The topological polar surface area (TPSA) is 50.9 Å². The van der Waals surface area contributed by atoms with Crippen molar-refractivity contribution in [2.45, 2.75) is 45.6 Å². The van der Waals surface area contributed by atoms with Gasteiger partial charge in [0.15, 0.2) is 0 Å². The van der Waals surface area contributed by atoms with Crippen LogP contribution in [0.1, 0.15) is 34.8 Å². The molecule has 3 saturated carbocycles. The lowest BCUT2D eigenvalue weighted by molar-refractivity contribution is 0.364. The number of aromatic nitrogens is 1. The maximum Gasteiger partial charge on any atom is 0.0947 e. The Morgan fingerprint density at radius 1 is 1.32 bits per heavy atom. The van der Waals surface area contributed by atoms with Crippen LogP contribution >= 0.6 is 11.3 Å². The summed E-state index contributed by atoms with van der Waals surface area (Å²) in [6.45, 7) is 4.26. The minimum absolute atomic E-state index is 0.448. The molecule has 1 aromatic rings. The van der Waals surface area contributed by atoms with E-state index in [1.807, 2.05) is 11.3 Å². The fraction of sp³-hybridized carbons (Fsp3) is 0.800. The van der Waals surface area contributed by atoms with Gasteiger partial charge in [0.25, 0.3) is 0 Å². The van der Waals surface area contributed by atoms with Crippen LogP contribution in [0.3, 0.4) is 0 Å². The van der Waals surface area contributed by atoms with Crippen molar-refractivity contribution in [2.24, 2.45) is 35.4 Å². The number of aryl methyl sites for hydroxylation is 2. The van der Waals surface area contributed by atoms with E-state index in [0.29, 0.717) is 6.04 Å². The van der Waals surface area contributed by atoms with Crippen LogP contribution in [0.15, 0.2) is 0 Å². The molecule has 0 saturated heterocycles. The number of nitrogens with one attached hydrogen (secondary N) is 1. The smallest absolute Gasteiger partial charge is 0.0947 e. The van der Waals surface area contributed by atoms with Gasteiger partial charge in [0.1, 0.15) is 0 Å². The van der Waals surface area contributed by atoms with Gasteiger partial charge in [-0.1, -0.05) is 0 Å². The molecule has 0 radical (unpaired) electrons. The summed E-state index contributed by atoms with van der Waals surface area (Å²) in [6, 6.07) is 0.448. The van der Waals surface area contributed by atoms with Gasteiger partial charge < -0.3 is 0 Å². The quantitative estimate of drug-likeness (QED) is 0.656. The zero-order valence-corrected chi connectivity index (χ0v) is 12.5. The minimum atomic E-state index is 0.448. The highest BCUT2D eigenvalue weighted by molar-refractivity contribution is 7.11. The molecule has 3 N–H and O–H groups in total. The molecule has 3 fully saturated rings. The monoisotopic (exact) mass is 277 g/mol. The summed E-state index contributed by atoms with van der Waals surface area (Å²) in [5, 5.41) is 1.26. The second kappa shape index (κ2) is 4.27. The lowest BCUT2D eigenvalue weighted by Crippen LogP contribution is -2.40. The molecule has 2 bridgehead atoms. The highest BCUT2D eigenvalue weighted by Gasteiger charge is 2.66. The first-order valence-electron chi connectivity index (χ1n) is 7.58. The highest BCUT2D eigenvalue weighted by atomic mass is 32.1. The number of hydrazine groups is 1. The van der Waals surface area contributed by atoms with Crippen molar-refractivity contribution in [2.75, 3.05) is 0 Å². The predicted molar refractivity (Wildman–Crippen MR) is 77.7 cm³/mol. The number of fused-ring (bicyclic) bond motifs is 5. The first kappa shape index (κ1) is 12.3. The summed E-state index contributed by atoms with van der Waals surface area (Å²) in [6.07, 6.45) is 5.50. The van der Waals surface area contributed by atoms with Gasteiger partial charge in [-0.25, -0.2) is 4.98 Å². The van der Waals surface area contributed by atoms with Crippen LogP contribution in [0.5, 0.6) is 0 Å². The Morgan fingerprint density at radius 2 is 2.00 bits per heavy atom. The maximum atomic E-state index is 5.85. The lowest BCUT2D eigenvalue weighted by atomic mass is 9.96. The third kappa shape index (κ3) is 1.80. The largest absolute Gasteiger partial charge is 0.271 e. The van der Waals surface area contributed by atoms with Crippen LogP contribution in [-0.4, -0.2) is 11.0 Å². The summed E-state index contributed by atoms with van der Waals surface area (Å²) in [4.78, 5) is 6.03. The molecule has 1 aromatic heterocycles. The van der Waals surface area contributed by atoms with E-state index in [4.69, 9.17) is 5.84 Å². The fourth-order valence-corrected chi connectivity index (χ4v) is 6.04. The van der Waals surface area contributed by atoms with Crippen LogP contribution in [0, 0.1) is 43.4 Å². The van der Waals surface area contributed by atoms with Gasteiger partial charge in [0.2, 0.25) is 0 Å². The van der Waals surface area contributed by atoms with Gasteiger partial charge in [-0.05, 0) is 62.7 Å². The molecule has 0 spiro atoms. The molecule has 5 unspecified atom stereocenters. The molecule has 3 aliphatic rings. The van der Waals surface area contributed by atoms with E-state index in [1.165, 1.54) is 34.8 Å². The molecule has 3 aliphatic carbocycles. The number of rotatable bonds is 4. The Kier molecular flexibility index (Phi) is 2.77. The Labute approximate surface area is 119 Å². The molecule has 1 heterocycles. The minimum Gasteiger partial charge on any atom is -0.271 e. The van der Waals surface area contributed by atoms with E-state index >= 15 is 0 Å². The third-order valence-electron chi connectivity index (χ3n) is 5.94. The van der Waals surface area contributed by atoms with Gasteiger partial charge in [-0.2, -0.15) is 0 Å². The second-order valence-corrected chi connectivity index (χ2v) is 8.08.